The van der Waals surface area contributed by atoms with Crippen molar-refractivity contribution in [3.05, 3.63) is 66.8 Å². The van der Waals surface area contributed by atoms with E-state index < -0.39 is 11.9 Å². The first kappa shape index (κ1) is 22.6. The molecular formula is C18H24O5. The molecule has 0 bridgehead atoms. The lowest BCUT2D eigenvalue weighted by molar-refractivity contribution is -0.139. The summed E-state index contributed by atoms with van der Waals surface area (Å²) in [5.41, 5.74) is 1.70. The van der Waals surface area contributed by atoms with Gasteiger partial charge in [-0.15, -0.1) is 0 Å². The second kappa shape index (κ2) is 14.3. The van der Waals surface area contributed by atoms with Gasteiger partial charge in [-0.25, -0.2) is 9.59 Å². The zero-order chi connectivity index (χ0) is 18.3. The van der Waals surface area contributed by atoms with Crippen molar-refractivity contribution >= 4 is 18.0 Å². The van der Waals surface area contributed by atoms with Crippen molar-refractivity contribution in [1.82, 2.24) is 0 Å². The first-order valence-corrected chi connectivity index (χ1v) is 6.76. The van der Waals surface area contributed by atoms with Crippen LogP contribution in [0.5, 0.6) is 0 Å². The van der Waals surface area contributed by atoms with Crippen LogP contribution in [0.2, 0.25) is 0 Å². The van der Waals surface area contributed by atoms with Gasteiger partial charge in [-0.05, 0) is 19.4 Å². The number of aliphatic hydroxyl groups excluding tert-OH is 1. The van der Waals surface area contributed by atoms with Crippen LogP contribution < -0.4 is 0 Å². The van der Waals surface area contributed by atoms with E-state index in [0.29, 0.717) is 5.57 Å². The van der Waals surface area contributed by atoms with E-state index in [2.05, 4.69) is 24.5 Å². The standard InChI is InChI=1S/C8H8.C6H10O3.C4H6O2/c1-2-8-6-4-3-5-7-8;1-5(2)6(8)9-4-3-7;1-3(2)4(5)6/h2-7H,1H2;7H,1,3-4H2,2H3;1H2,2H3,(H,5,6). The first-order valence-electron chi connectivity index (χ1n) is 6.76. The van der Waals surface area contributed by atoms with Crippen molar-refractivity contribution < 1.29 is 24.5 Å². The van der Waals surface area contributed by atoms with E-state index in [0.717, 1.165) is 0 Å². The molecule has 0 spiro atoms. The summed E-state index contributed by atoms with van der Waals surface area (Å²) in [7, 11) is 0. The van der Waals surface area contributed by atoms with E-state index >= 15 is 0 Å². The van der Waals surface area contributed by atoms with E-state index in [9.17, 15) is 9.59 Å². The molecule has 1 aromatic carbocycles. The van der Waals surface area contributed by atoms with Crippen molar-refractivity contribution in [3.8, 4) is 0 Å². The summed E-state index contributed by atoms with van der Waals surface area (Å²) in [6.45, 7) is 13.0. The number of ether oxygens (including phenoxy) is 1. The summed E-state index contributed by atoms with van der Waals surface area (Å²) in [4.78, 5) is 20.1. The lowest BCUT2D eigenvalue weighted by atomic mass is 10.2. The van der Waals surface area contributed by atoms with Crippen LogP contribution in [-0.4, -0.2) is 35.4 Å². The zero-order valence-corrected chi connectivity index (χ0v) is 13.6. The largest absolute Gasteiger partial charge is 0.478 e. The van der Waals surface area contributed by atoms with E-state index in [1.807, 2.05) is 36.4 Å². The van der Waals surface area contributed by atoms with Gasteiger partial charge in [0, 0.05) is 11.1 Å². The highest BCUT2D eigenvalue weighted by Gasteiger charge is 1.99. The maximum atomic E-state index is 10.5. The van der Waals surface area contributed by atoms with Crippen LogP contribution in [-0.2, 0) is 14.3 Å². The Kier molecular flexibility index (Phi) is 14.0. The molecule has 0 saturated carbocycles. The molecule has 126 valence electrons. The SMILES string of the molecule is C=C(C)C(=O)O.C=C(C)C(=O)OCCO.C=Cc1ccccc1. The molecule has 0 radical (unpaired) electrons. The number of carboxylic acid groups (broad SMARTS) is 1. The summed E-state index contributed by atoms with van der Waals surface area (Å²) in [6.07, 6.45) is 1.83. The fraction of sp³-hybridized carbons (Fsp3) is 0.222. The topological polar surface area (TPSA) is 83.8 Å². The number of carbonyl (C=O) groups excluding carboxylic acids is 1. The lowest BCUT2D eigenvalue weighted by Crippen LogP contribution is -2.08. The van der Waals surface area contributed by atoms with Crippen LogP contribution in [0.4, 0.5) is 0 Å². The van der Waals surface area contributed by atoms with Gasteiger partial charge < -0.3 is 14.9 Å². The molecule has 0 aliphatic rings. The molecule has 0 aliphatic carbocycles. The smallest absolute Gasteiger partial charge is 0.333 e. The van der Waals surface area contributed by atoms with E-state index in [1.54, 1.807) is 6.92 Å². The maximum absolute atomic E-state index is 10.5. The minimum absolute atomic E-state index is 0.0473. The van der Waals surface area contributed by atoms with Crippen molar-refractivity contribution in [2.45, 2.75) is 13.8 Å². The van der Waals surface area contributed by atoms with Gasteiger partial charge in [-0.2, -0.15) is 0 Å². The molecule has 2 N–H and O–H groups in total. The van der Waals surface area contributed by atoms with Gasteiger partial charge in [-0.3, -0.25) is 0 Å². The summed E-state index contributed by atoms with van der Waals surface area (Å²) in [6, 6.07) is 10.0. The highest BCUT2D eigenvalue weighted by atomic mass is 16.5. The molecule has 0 heterocycles. The number of aliphatic hydroxyl groups is 1. The van der Waals surface area contributed by atoms with Crippen molar-refractivity contribution in [2.75, 3.05) is 13.2 Å². The van der Waals surface area contributed by atoms with Gasteiger partial charge in [0.15, 0.2) is 0 Å². The van der Waals surface area contributed by atoms with Gasteiger partial charge in [0.25, 0.3) is 0 Å². The highest BCUT2D eigenvalue weighted by Crippen LogP contribution is 1.97. The van der Waals surface area contributed by atoms with Crippen LogP contribution in [0.25, 0.3) is 6.08 Å². The summed E-state index contributed by atoms with van der Waals surface area (Å²) < 4.78 is 4.46. The summed E-state index contributed by atoms with van der Waals surface area (Å²) in [5.74, 6) is -1.39. The monoisotopic (exact) mass is 320 g/mol. The quantitative estimate of drug-likeness (QED) is 0.643. The molecule has 0 amide bonds. The Morgan fingerprint density at radius 2 is 1.61 bits per heavy atom. The molecule has 0 fully saturated rings. The Morgan fingerprint density at radius 1 is 1.13 bits per heavy atom. The molecule has 5 nitrogen and oxygen atoms in total. The van der Waals surface area contributed by atoms with Gasteiger partial charge >= 0.3 is 11.9 Å². The van der Waals surface area contributed by atoms with Crippen LogP contribution >= 0.6 is 0 Å². The number of carboxylic acids is 1. The molecule has 0 atom stereocenters. The van der Waals surface area contributed by atoms with Crippen LogP contribution in [0.15, 0.2) is 61.2 Å². The van der Waals surface area contributed by atoms with Crippen molar-refractivity contribution in [1.29, 1.82) is 0 Å². The molecule has 0 aliphatic heterocycles. The Morgan fingerprint density at radius 3 is 1.87 bits per heavy atom. The lowest BCUT2D eigenvalue weighted by Gasteiger charge is -1.99. The molecule has 1 rings (SSSR count). The number of hydrogen-bond acceptors (Lipinski definition) is 4. The minimum atomic E-state index is -0.935. The number of carbonyl (C=O) groups is 2. The third-order valence-corrected chi connectivity index (χ3v) is 2.07. The normalized spacial score (nSPS) is 8.30. The second-order valence-electron chi connectivity index (χ2n) is 4.34. The highest BCUT2D eigenvalue weighted by molar-refractivity contribution is 5.86. The summed E-state index contributed by atoms with van der Waals surface area (Å²) >= 11 is 0. The maximum Gasteiger partial charge on any atom is 0.333 e. The fourth-order valence-corrected chi connectivity index (χ4v) is 0.851. The van der Waals surface area contributed by atoms with Crippen LogP contribution in [0.1, 0.15) is 19.4 Å². The van der Waals surface area contributed by atoms with Crippen LogP contribution in [0.3, 0.4) is 0 Å². The molecular weight excluding hydrogens is 296 g/mol. The predicted octanol–water partition coefficient (Wildman–Crippen LogP) is 3.07. The average Bonchev–Trinajstić information content (AvgIpc) is 2.54. The number of aliphatic carboxylic acids is 1. The second-order valence-corrected chi connectivity index (χ2v) is 4.34. The Bertz CT molecular complexity index is 505. The molecule has 0 unspecified atom stereocenters. The number of hydrogen-bond donors (Lipinski definition) is 2. The Hall–Kier alpha value is -2.66. The number of rotatable bonds is 5. The molecule has 1 aromatic rings. The molecule has 5 heteroatoms. The minimum Gasteiger partial charge on any atom is -0.478 e. The van der Waals surface area contributed by atoms with Gasteiger partial charge in [0.2, 0.25) is 0 Å². The third-order valence-electron chi connectivity index (χ3n) is 2.07. The van der Waals surface area contributed by atoms with Gasteiger partial charge in [-0.1, -0.05) is 56.1 Å². The summed E-state index contributed by atoms with van der Waals surface area (Å²) in [5, 5.41) is 16.1. The predicted molar refractivity (Wildman–Crippen MR) is 91.8 cm³/mol. The fourth-order valence-electron chi connectivity index (χ4n) is 0.851. The Labute approximate surface area is 137 Å². The van der Waals surface area contributed by atoms with Crippen molar-refractivity contribution in [3.63, 3.8) is 0 Å². The number of benzene rings is 1. The molecule has 23 heavy (non-hydrogen) atoms. The van der Waals surface area contributed by atoms with Gasteiger partial charge in [0.05, 0.1) is 6.61 Å². The van der Waals surface area contributed by atoms with Crippen molar-refractivity contribution in [2.24, 2.45) is 0 Å². The molecule has 0 aromatic heterocycles. The first-order chi connectivity index (χ1) is 10.8. The average molecular weight is 320 g/mol. The van der Waals surface area contributed by atoms with E-state index in [-0.39, 0.29) is 18.8 Å². The van der Waals surface area contributed by atoms with Crippen LogP contribution in [0, 0.1) is 0 Å². The Balaban J connectivity index is 0. The zero-order valence-electron chi connectivity index (χ0n) is 13.6. The third kappa shape index (κ3) is 15.5. The molecule has 0 saturated heterocycles. The van der Waals surface area contributed by atoms with E-state index in [4.69, 9.17) is 10.2 Å². The van der Waals surface area contributed by atoms with E-state index in [1.165, 1.54) is 12.5 Å². The van der Waals surface area contributed by atoms with Gasteiger partial charge in [0.1, 0.15) is 6.61 Å². The number of esters is 1.